The van der Waals surface area contributed by atoms with Gasteiger partial charge in [-0.05, 0) is 50.6 Å². The Morgan fingerprint density at radius 1 is 1.34 bits per heavy atom. The third-order valence-corrected chi connectivity index (χ3v) is 7.27. The Kier molecular flexibility index (Phi) is 7.35. The second-order valence-electron chi connectivity index (χ2n) is 7.53. The molecule has 1 aromatic carbocycles. The monoisotopic (exact) mass is 482 g/mol. The van der Waals surface area contributed by atoms with E-state index >= 15 is 0 Å². The normalized spacial score (nSPS) is 17.6. The predicted octanol–water partition coefficient (Wildman–Crippen LogP) is 2.14. The van der Waals surface area contributed by atoms with Crippen molar-refractivity contribution in [1.29, 1.82) is 0 Å². The Balaban J connectivity index is 1.66. The van der Waals surface area contributed by atoms with Crippen molar-refractivity contribution >= 4 is 39.3 Å². The minimum Gasteiger partial charge on any atom is -0.351 e. The van der Waals surface area contributed by atoms with E-state index < -0.39 is 27.7 Å². The number of nitrogens with zero attached hydrogens (tertiary/aromatic N) is 3. The highest BCUT2D eigenvalue weighted by atomic mass is 35.5. The average Bonchev–Trinajstić information content (AvgIpc) is 3.22. The zero-order valence-electron chi connectivity index (χ0n) is 17.7. The number of aromatic nitrogens is 2. The molecule has 1 aliphatic rings. The fourth-order valence-electron chi connectivity index (χ4n) is 3.41. The van der Waals surface area contributed by atoms with Crippen LogP contribution in [-0.4, -0.2) is 65.5 Å². The summed E-state index contributed by atoms with van der Waals surface area (Å²) in [5, 5.41) is 7.28. The molecule has 1 unspecified atom stereocenters. The molecule has 0 bridgehead atoms. The third-order valence-electron chi connectivity index (χ3n) is 5.14. The van der Waals surface area contributed by atoms with Crippen molar-refractivity contribution in [3.05, 3.63) is 52.6 Å². The van der Waals surface area contributed by atoms with E-state index in [-0.39, 0.29) is 29.0 Å². The van der Waals surface area contributed by atoms with Crippen LogP contribution in [0.25, 0.3) is 11.8 Å². The van der Waals surface area contributed by atoms with Crippen molar-refractivity contribution in [2.75, 3.05) is 24.6 Å². The molecular weight excluding hydrogens is 459 g/mol. The molecule has 0 saturated carbocycles. The number of carbonyl (C=O) groups excluding carboxylic acids is 2. The number of nitrogens with one attached hydrogen (secondary N) is 1. The molecule has 3 rings (SSSR count). The second-order valence-corrected chi connectivity index (χ2v) is 10.1. The van der Waals surface area contributed by atoms with E-state index in [0.717, 1.165) is 0 Å². The van der Waals surface area contributed by atoms with Crippen LogP contribution in [0.2, 0.25) is 5.15 Å². The lowest BCUT2D eigenvalue weighted by molar-refractivity contribution is -0.132. The predicted molar refractivity (Wildman–Crippen MR) is 120 cm³/mol. The van der Waals surface area contributed by atoms with E-state index in [2.05, 4.69) is 10.4 Å². The molecule has 32 heavy (non-hydrogen) atoms. The molecule has 2 amide bonds. The molecule has 1 aromatic heterocycles. The minimum atomic E-state index is -3.10. The van der Waals surface area contributed by atoms with Crippen LogP contribution in [0.1, 0.15) is 24.6 Å². The van der Waals surface area contributed by atoms with E-state index in [1.165, 1.54) is 33.9 Å². The maximum Gasteiger partial charge on any atom is 0.247 e. The highest BCUT2D eigenvalue weighted by molar-refractivity contribution is 7.91. The van der Waals surface area contributed by atoms with Gasteiger partial charge in [-0.25, -0.2) is 17.5 Å². The van der Waals surface area contributed by atoms with Crippen LogP contribution >= 0.6 is 11.6 Å². The number of hydrogen-bond acceptors (Lipinski definition) is 5. The van der Waals surface area contributed by atoms with Gasteiger partial charge in [-0.2, -0.15) is 5.10 Å². The third kappa shape index (κ3) is 5.74. The molecule has 2 heterocycles. The van der Waals surface area contributed by atoms with Crippen molar-refractivity contribution in [2.24, 2.45) is 0 Å². The fourth-order valence-corrected chi connectivity index (χ4v) is 5.42. The summed E-state index contributed by atoms with van der Waals surface area (Å²) >= 11 is 6.42. The van der Waals surface area contributed by atoms with Gasteiger partial charge in [0, 0.05) is 24.2 Å². The Hall–Kier alpha value is -2.72. The quantitative estimate of drug-likeness (QED) is 0.609. The van der Waals surface area contributed by atoms with Gasteiger partial charge in [-0.15, -0.1) is 0 Å². The summed E-state index contributed by atoms with van der Waals surface area (Å²) < 4.78 is 37.7. The molecule has 172 valence electrons. The van der Waals surface area contributed by atoms with E-state index in [1.54, 1.807) is 26.0 Å². The summed E-state index contributed by atoms with van der Waals surface area (Å²) in [6.45, 7) is 3.58. The summed E-state index contributed by atoms with van der Waals surface area (Å²) in [7, 11) is -3.10. The molecule has 1 N–H and O–H groups in total. The lowest BCUT2D eigenvalue weighted by Gasteiger charge is -2.20. The van der Waals surface area contributed by atoms with E-state index in [9.17, 15) is 22.4 Å². The average molecular weight is 483 g/mol. The van der Waals surface area contributed by atoms with Crippen LogP contribution in [0.15, 0.2) is 30.3 Å². The zero-order valence-corrected chi connectivity index (χ0v) is 19.3. The first-order valence-electron chi connectivity index (χ1n) is 10.1. The number of aryl methyl sites for hydroxylation is 1. The Bertz CT molecular complexity index is 1150. The van der Waals surface area contributed by atoms with Gasteiger partial charge >= 0.3 is 0 Å². The zero-order chi connectivity index (χ0) is 23.5. The SMILES string of the molecule is CCN(CC(=O)NC1CCS(=O)(=O)C1)C(=O)/C=C/c1c(C)nn(-c2ccc(F)cc2)c1Cl. The van der Waals surface area contributed by atoms with Gasteiger partial charge in [0.2, 0.25) is 11.8 Å². The van der Waals surface area contributed by atoms with Crippen LogP contribution in [0, 0.1) is 12.7 Å². The van der Waals surface area contributed by atoms with E-state index in [4.69, 9.17) is 11.6 Å². The molecule has 0 aliphatic carbocycles. The van der Waals surface area contributed by atoms with Gasteiger partial charge < -0.3 is 10.2 Å². The first-order valence-corrected chi connectivity index (χ1v) is 12.3. The summed E-state index contributed by atoms with van der Waals surface area (Å²) in [5.74, 6) is -1.20. The molecule has 0 spiro atoms. The van der Waals surface area contributed by atoms with Crippen molar-refractivity contribution in [2.45, 2.75) is 26.3 Å². The fraction of sp³-hybridized carbons (Fsp3) is 0.381. The Morgan fingerprint density at radius 2 is 2.03 bits per heavy atom. The van der Waals surface area contributed by atoms with Crippen LogP contribution in [0.4, 0.5) is 4.39 Å². The lowest BCUT2D eigenvalue weighted by Crippen LogP contribution is -2.44. The molecule has 1 aliphatic heterocycles. The number of hydrogen-bond donors (Lipinski definition) is 1. The summed E-state index contributed by atoms with van der Waals surface area (Å²) in [5.41, 5.74) is 1.68. The Labute approximate surface area is 191 Å². The van der Waals surface area contributed by atoms with Crippen LogP contribution in [-0.2, 0) is 19.4 Å². The number of halogens is 2. The number of sulfone groups is 1. The van der Waals surface area contributed by atoms with Crippen molar-refractivity contribution < 1.29 is 22.4 Å². The topological polar surface area (TPSA) is 101 Å². The van der Waals surface area contributed by atoms with Gasteiger partial charge in [0.25, 0.3) is 0 Å². The molecule has 2 aromatic rings. The van der Waals surface area contributed by atoms with E-state index in [1.807, 2.05) is 0 Å². The Morgan fingerprint density at radius 3 is 2.62 bits per heavy atom. The molecule has 0 radical (unpaired) electrons. The largest absolute Gasteiger partial charge is 0.351 e. The molecule has 11 heteroatoms. The van der Waals surface area contributed by atoms with Crippen LogP contribution in [0.5, 0.6) is 0 Å². The molecule has 8 nitrogen and oxygen atoms in total. The van der Waals surface area contributed by atoms with Crippen molar-refractivity contribution in [1.82, 2.24) is 20.0 Å². The maximum atomic E-state index is 13.2. The highest BCUT2D eigenvalue weighted by Gasteiger charge is 2.29. The first kappa shape index (κ1) is 23.9. The molecule has 1 atom stereocenters. The van der Waals surface area contributed by atoms with Gasteiger partial charge in [0.15, 0.2) is 9.84 Å². The lowest BCUT2D eigenvalue weighted by atomic mass is 10.2. The van der Waals surface area contributed by atoms with Crippen LogP contribution in [0.3, 0.4) is 0 Å². The highest BCUT2D eigenvalue weighted by Crippen LogP contribution is 2.25. The first-order chi connectivity index (χ1) is 15.1. The maximum absolute atomic E-state index is 13.2. The number of rotatable bonds is 7. The van der Waals surface area contributed by atoms with Gasteiger partial charge in [0.1, 0.15) is 11.0 Å². The van der Waals surface area contributed by atoms with Crippen molar-refractivity contribution in [3.8, 4) is 5.69 Å². The van der Waals surface area contributed by atoms with Crippen LogP contribution < -0.4 is 5.32 Å². The molecule has 1 saturated heterocycles. The minimum absolute atomic E-state index is 0.0584. The second kappa shape index (κ2) is 9.83. The summed E-state index contributed by atoms with van der Waals surface area (Å²) in [4.78, 5) is 26.2. The summed E-state index contributed by atoms with van der Waals surface area (Å²) in [6, 6.07) is 5.26. The summed E-state index contributed by atoms with van der Waals surface area (Å²) in [6.07, 6.45) is 3.21. The van der Waals surface area contributed by atoms with E-state index in [0.29, 0.717) is 29.9 Å². The standard InChI is InChI=1S/C21H24ClFN4O4S/c1-3-26(12-19(28)24-16-10-11-32(30,31)13-16)20(29)9-8-18-14(2)25-27(21(18)22)17-6-4-15(23)5-7-17/h4-9,16H,3,10-13H2,1-2H3,(H,24,28)/b9-8+. The number of benzene rings is 1. The van der Waals surface area contributed by atoms with Gasteiger partial charge in [0.05, 0.1) is 29.4 Å². The van der Waals surface area contributed by atoms with Crippen molar-refractivity contribution in [3.63, 3.8) is 0 Å². The number of likely N-dealkylation sites (N-methyl/N-ethyl adjacent to an activating group) is 1. The van der Waals surface area contributed by atoms with Gasteiger partial charge in [-0.1, -0.05) is 11.6 Å². The molecule has 1 fully saturated rings. The number of amides is 2. The van der Waals surface area contributed by atoms with Gasteiger partial charge in [-0.3, -0.25) is 9.59 Å². The number of carbonyl (C=O) groups is 2. The molecular formula is C21H24ClFN4O4S. The smallest absolute Gasteiger partial charge is 0.247 e.